The molecule has 0 N–H and O–H groups in total. The number of piperidine rings is 1. The molecule has 1 fully saturated rings. The smallest absolute Gasteiger partial charge is 0.256 e. The molecule has 2 aliphatic heterocycles. The van der Waals surface area contributed by atoms with Gasteiger partial charge in [-0.1, -0.05) is 30.3 Å². The fourth-order valence-electron chi connectivity index (χ4n) is 5.07. The van der Waals surface area contributed by atoms with Crippen LogP contribution in [0, 0.1) is 5.82 Å². The number of benzene rings is 2. The third-order valence-corrected chi connectivity index (χ3v) is 6.91. The molecule has 0 bridgehead atoms. The molecule has 2 aromatic carbocycles. The number of carbonyl (C=O) groups is 2. The highest BCUT2D eigenvalue weighted by Gasteiger charge is 2.44. The number of hydrogen-bond acceptors (Lipinski definition) is 3. The van der Waals surface area contributed by atoms with Crippen molar-refractivity contribution in [1.29, 1.82) is 0 Å². The van der Waals surface area contributed by atoms with Gasteiger partial charge < -0.3 is 14.5 Å². The van der Waals surface area contributed by atoms with Crippen LogP contribution in [0.2, 0.25) is 0 Å². The largest absolute Gasteiger partial charge is 0.487 e. The number of amides is 2. The second-order valence-electron chi connectivity index (χ2n) is 8.77. The van der Waals surface area contributed by atoms with E-state index in [9.17, 15) is 14.0 Å². The molecular weight excluding hydrogens is 407 g/mol. The van der Waals surface area contributed by atoms with Gasteiger partial charge in [0.2, 0.25) is 5.91 Å². The fraction of sp³-hybridized carbons (Fsp3) is 0.462. The second kappa shape index (κ2) is 9.31. The van der Waals surface area contributed by atoms with Crippen LogP contribution in [0.4, 0.5) is 4.39 Å². The van der Waals surface area contributed by atoms with Crippen molar-refractivity contribution in [3.8, 4) is 5.75 Å². The fourth-order valence-corrected chi connectivity index (χ4v) is 5.07. The van der Waals surface area contributed by atoms with E-state index < -0.39 is 11.4 Å². The number of halogens is 1. The molecule has 1 atom stereocenters. The third kappa shape index (κ3) is 4.36. The summed E-state index contributed by atoms with van der Waals surface area (Å²) in [7, 11) is 0. The van der Waals surface area contributed by atoms with Gasteiger partial charge in [-0.05, 0) is 44.0 Å². The summed E-state index contributed by atoms with van der Waals surface area (Å²) in [6, 6.07) is 14.1. The molecule has 0 aliphatic carbocycles. The first-order chi connectivity index (χ1) is 15.5. The van der Waals surface area contributed by atoms with Crippen molar-refractivity contribution in [2.75, 3.05) is 26.2 Å². The number of nitrogens with zero attached hydrogens (tertiary/aromatic N) is 2. The Hall–Kier alpha value is -2.89. The van der Waals surface area contributed by atoms with Crippen molar-refractivity contribution in [2.45, 2.75) is 51.0 Å². The van der Waals surface area contributed by atoms with Crippen molar-refractivity contribution < 1.29 is 18.7 Å². The highest BCUT2D eigenvalue weighted by Crippen LogP contribution is 2.46. The molecule has 0 aromatic heterocycles. The van der Waals surface area contributed by atoms with Gasteiger partial charge in [0.05, 0.1) is 5.56 Å². The minimum Gasteiger partial charge on any atom is -0.487 e. The highest BCUT2D eigenvalue weighted by atomic mass is 19.1. The zero-order valence-corrected chi connectivity index (χ0v) is 18.9. The first-order valence-corrected chi connectivity index (χ1v) is 11.6. The summed E-state index contributed by atoms with van der Waals surface area (Å²) in [5.41, 5.74) is 0.790. The summed E-state index contributed by atoms with van der Waals surface area (Å²) >= 11 is 0. The first kappa shape index (κ1) is 22.3. The number of para-hydroxylation sites is 1. The van der Waals surface area contributed by atoms with E-state index in [4.69, 9.17) is 4.74 Å². The predicted molar refractivity (Wildman–Crippen MR) is 121 cm³/mol. The Morgan fingerprint density at radius 2 is 1.72 bits per heavy atom. The molecule has 0 radical (unpaired) electrons. The third-order valence-electron chi connectivity index (χ3n) is 6.91. The standard InChI is InChI=1S/C26H31FN2O3/c1-3-28(4-2)24(30)17-19-18-26(32-23-12-8-6-9-20(19)23)13-15-29(16-14-26)25(31)21-10-5-7-11-22(21)27/h5-12,19H,3-4,13-18H2,1-2H3. The minimum absolute atomic E-state index is 0.0851. The second-order valence-corrected chi connectivity index (χ2v) is 8.77. The van der Waals surface area contributed by atoms with Gasteiger partial charge in [0, 0.05) is 51.4 Å². The lowest BCUT2D eigenvalue weighted by atomic mass is 9.76. The van der Waals surface area contributed by atoms with Crippen LogP contribution in [0.3, 0.4) is 0 Å². The van der Waals surface area contributed by atoms with Crippen LogP contribution in [0.25, 0.3) is 0 Å². The maximum Gasteiger partial charge on any atom is 0.256 e. The predicted octanol–water partition coefficient (Wildman–Crippen LogP) is 4.63. The zero-order valence-electron chi connectivity index (χ0n) is 18.9. The Labute approximate surface area is 189 Å². The number of rotatable bonds is 5. The monoisotopic (exact) mass is 438 g/mol. The van der Waals surface area contributed by atoms with E-state index in [0.29, 0.717) is 45.4 Å². The Bertz CT molecular complexity index is 981. The normalized spacial score (nSPS) is 19.2. The van der Waals surface area contributed by atoms with E-state index in [2.05, 4.69) is 6.07 Å². The summed E-state index contributed by atoms with van der Waals surface area (Å²) in [5.74, 6) is 0.323. The van der Waals surface area contributed by atoms with Crippen molar-refractivity contribution >= 4 is 11.8 Å². The SMILES string of the molecule is CCN(CC)C(=O)CC1CC2(CCN(C(=O)c3ccccc3F)CC2)Oc2ccccc21. The lowest BCUT2D eigenvalue weighted by molar-refractivity contribution is -0.131. The van der Waals surface area contributed by atoms with Crippen LogP contribution < -0.4 is 4.74 Å². The van der Waals surface area contributed by atoms with E-state index in [0.717, 1.165) is 17.7 Å². The van der Waals surface area contributed by atoms with Crippen molar-refractivity contribution in [3.05, 3.63) is 65.5 Å². The molecule has 1 saturated heterocycles. The van der Waals surface area contributed by atoms with Gasteiger partial charge in [-0.25, -0.2) is 4.39 Å². The molecule has 170 valence electrons. The number of carbonyl (C=O) groups excluding carboxylic acids is 2. The lowest BCUT2D eigenvalue weighted by Gasteiger charge is -2.47. The van der Waals surface area contributed by atoms with E-state index in [1.807, 2.05) is 36.9 Å². The lowest BCUT2D eigenvalue weighted by Crippen LogP contribution is -2.52. The van der Waals surface area contributed by atoms with Gasteiger partial charge in [-0.15, -0.1) is 0 Å². The van der Waals surface area contributed by atoms with Gasteiger partial charge in [-0.2, -0.15) is 0 Å². The Morgan fingerprint density at radius 1 is 1.06 bits per heavy atom. The molecule has 32 heavy (non-hydrogen) atoms. The topological polar surface area (TPSA) is 49.9 Å². The van der Waals surface area contributed by atoms with Crippen molar-refractivity contribution in [3.63, 3.8) is 0 Å². The van der Waals surface area contributed by atoms with E-state index in [-0.39, 0.29) is 23.3 Å². The summed E-state index contributed by atoms with van der Waals surface area (Å²) in [6.07, 6.45) is 2.54. The van der Waals surface area contributed by atoms with Crippen LogP contribution in [0.1, 0.15) is 61.4 Å². The average molecular weight is 439 g/mol. The highest BCUT2D eigenvalue weighted by molar-refractivity contribution is 5.94. The van der Waals surface area contributed by atoms with Gasteiger partial charge >= 0.3 is 0 Å². The molecular formula is C26H31FN2O3. The maximum atomic E-state index is 14.1. The maximum absolute atomic E-state index is 14.1. The molecule has 2 aliphatic rings. The molecule has 2 amide bonds. The Balaban J connectivity index is 1.50. The molecule has 2 heterocycles. The Morgan fingerprint density at radius 3 is 2.41 bits per heavy atom. The molecule has 1 spiro atoms. The summed E-state index contributed by atoms with van der Waals surface area (Å²) in [4.78, 5) is 29.3. The molecule has 5 nitrogen and oxygen atoms in total. The number of ether oxygens (including phenoxy) is 1. The van der Waals surface area contributed by atoms with Gasteiger partial charge in [0.15, 0.2) is 0 Å². The quantitative estimate of drug-likeness (QED) is 0.684. The molecule has 4 rings (SSSR count). The van der Waals surface area contributed by atoms with Crippen LogP contribution in [0.5, 0.6) is 5.75 Å². The van der Waals surface area contributed by atoms with Gasteiger partial charge in [0.1, 0.15) is 17.2 Å². The van der Waals surface area contributed by atoms with E-state index in [1.54, 1.807) is 17.0 Å². The van der Waals surface area contributed by atoms with Crippen LogP contribution in [0.15, 0.2) is 48.5 Å². The summed E-state index contributed by atoms with van der Waals surface area (Å²) in [5, 5.41) is 0. The van der Waals surface area contributed by atoms with Crippen LogP contribution >= 0.6 is 0 Å². The molecule has 0 saturated carbocycles. The molecule has 6 heteroatoms. The van der Waals surface area contributed by atoms with Crippen molar-refractivity contribution in [1.82, 2.24) is 9.80 Å². The number of fused-ring (bicyclic) bond motifs is 1. The number of likely N-dealkylation sites (tertiary alicyclic amines) is 1. The van der Waals surface area contributed by atoms with E-state index >= 15 is 0 Å². The molecule has 2 aromatic rings. The molecule has 1 unspecified atom stereocenters. The zero-order chi connectivity index (χ0) is 22.7. The van der Waals surface area contributed by atoms with Gasteiger partial charge in [-0.3, -0.25) is 9.59 Å². The number of hydrogen-bond donors (Lipinski definition) is 0. The average Bonchev–Trinajstić information content (AvgIpc) is 2.80. The van der Waals surface area contributed by atoms with Gasteiger partial charge in [0.25, 0.3) is 5.91 Å². The first-order valence-electron chi connectivity index (χ1n) is 11.6. The van der Waals surface area contributed by atoms with E-state index in [1.165, 1.54) is 12.1 Å². The van der Waals surface area contributed by atoms with Crippen LogP contribution in [-0.2, 0) is 4.79 Å². The summed E-state index contributed by atoms with van der Waals surface area (Å²) in [6.45, 7) is 6.43. The van der Waals surface area contributed by atoms with Crippen molar-refractivity contribution in [2.24, 2.45) is 0 Å². The summed E-state index contributed by atoms with van der Waals surface area (Å²) < 4.78 is 20.6. The minimum atomic E-state index is -0.490. The Kier molecular flexibility index (Phi) is 6.49. The van der Waals surface area contributed by atoms with Crippen LogP contribution in [-0.4, -0.2) is 53.4 Å².